The summed E-state index contributed by atoms with van der Waals surface area (Å²) < 4.78 is 1.38. The topological polar surface area (TPSA) is 0 Å². The maximum Gasteiger partial charge on any atom is 0.0205 e. The molecule has 92 valence electrons. The van der Waals surface area contributed by atoms with E-state index in [1.54, 1.807) is 5.57 Å². The molecule has 0 aromatic heterocycles. The van der Waals surface area contributed by atoms with Crippen LogP contribution in [0.3, 0.4) is 0 Å². The highest BCUT2D eigenvalue weighted by Gasteiger charge is 2.26. The lowest BCUT2D eigenvalue weighted by Gasteiger charge is -2.33. The molecule has 0 fully saturated rings. The van der Waals surface area contributed by atoms with Crippen molar-refractivity contribution in [3.8, 4) is 0 Å². The predicted molar refractivity (Wildman–Crippen MR) is 83.9 cm³/mol. The van der Waals surface area contributed by atoms with Crippen molar-refractivity contribution in [1.82, 2.24) is 0 Å². The van der Waals surface area contributed by atoms with Crippen molar-refractivity contribution in [2.45, 2.75) is 40.0 Å². The van der Waals surface area contributed by atoms with E-state index < -0.39 is 0 Å². The Morgan fingerprint density at radius 3 is 2.41 bits per heavy atom. The van der Waals surface area contributed by atoms with Crippen LogP contribution in [-0.2, 0) is 0 Å². The summed E-state index contributed by atoms with van der Waals surface area (Å²) in [5.41, 5.74) is 3.45. The molecule has 1 atom stereocenters. The molecule has 0 spiro atoms. The zero-order valence-corrected chi connectivity index (χ0v) is 13.1. The van der Waals surface area contributed by atoms with Gasteiger partial charge in [0, 0.05) is 3.57 Å². The first-order chi connectivity index (χ1) is 7.98. The van der Waals surface area contributed by atoms with Crippen molar-refractivity contribution >= 4 is 28.2 Å². The first kappa shape index (κ1) is 13.1. The fourth-order valence-electron chi connectivity index (χ4n) is 2.59. The minimum Gasteiger partial charge on any atom is -0.0804 e. The summed E-state index contributed by atoms with van der Waals surface area (Å²) in [7, 11) is 0. The molecule has 0 saturated heterocycles. The number of rotatable bonds is 1. The highest BCUT2D eigenvalue weighted by Crippen LogP contribution is 2.40. The van der Waals surface area contributed by atoms with E-state index in [0.29, 0.717) is 5.41 Å². The van der Waals surface area contributed by atoms with E-state index in [9.17, 15) is 0 Å². The lowest BCUT2D eigenvalue weighted by Crippen LogP contribution is -2.22. The molecule has 1 aliphatic rings. The molecular weight excluding hydrogens is 319 g/mol. The van der Waals surface area contributed by atoms with Crippen LogP contribution in [0, 0.1) is 14.9 Å². The Morgan fingerprint density at radius 1 is 1.18 bits per heavy atom. The summed E-state index contributed by atoms with van der Waals surface area (Å²) in [5, 5.41) is 0. The van der Waals surface area contributed by atoms with Crippen LogP contribution in [0.4, 0.5) is 0 Å². The van der Waals surface area contributed by atoms with Crippen LogP contribution in [0.1, 0.15) is 45.6 Å². The van der Waals surface area contributed by atoms with Crippen molar-refractivity contribution in [2.75, 3.05) is 0 Å². The average Bonchev–Trinajstić information content (AvgIpc) is 2.29. The third-order valence-corrected chi connectivity index (χ3v) is 4.80. The van der Waals surface area contributed by atoms with Crippen LogP contribution in [0.2, 0.25) is 0 Å². The van der Waals surface area contributed by atoms with Gasteiger partial charge >= 0.3 is 0 Å². The smallest absolute Gasteiger partial charge is 0.0205 e. The van der Waals surface area contributed by atoms with Crippen molar-refractivity contribution in [3.63, 3.8) is 0 Å². The third kappa shape index (κ3) is 3.12. The maximum absolute atomic E-state index is 2.47. The van der Waals surface area contributed by atoms with Gasteiger partial charge in [-0.25, -0.2) is 0 Å². The second-order valence-corrected chi connectivity index (χ2v) is 7.21. The largest absolute Gasteiger partial charge is 0.0804 e. The molecule has 0 amide bonds. The second-order valence-electron chi connectivity index (χ2n) is 6.05. The van der Waals surface area contributed by atoms with Crippen LogP contribution in [0.25, 0.3) is 5.57 Å². The molecule has 0 aliphatic heterocycles. The summed E-state index contributed by atoms with van der Waals surface area (Å²) >= 11 is 2.44. The number of hydrogen-bond acceptors (Lipinski definition) is 0. The predicted octanol–water partition coefficient (Wildman–Crippen LogP) is 5.52. The van der Waals surface area contributed by atoms with Crippen molar-refractivity contribution < 1.29 is 0 Å². The lowest BCUT2D eigenvalue weighted by molar-refractivity contribution is 0.225. The van der Waals surface area contributed by atoms with E-state index >= 15 is 0 Å². The normalized spacial score (nSPS) is 21.2. The molecule has 1 aliphatic carbocycles. The van der Waals surface area contributed by atoms with Crippen LogP contribution in [0.5, 0.6) is 0 Å². The van der Waals surface area contributed by atoms with Gasteiger partial charge in [-0.3, -0.25) is 0 Å². The van der Waals surface area contributed by atoms with Gasteiger partial charge < -0.3 is 0 Å². The summed E-state index contributed by atoms with van der Waals surface area (Å²) in [4.78, 5) is 0. The Kier molecular flexibility index (Phi) is 3.96. The zero-order chi connectivity index (χ0) is 12.5. The average molecular weight is 340 g/mol. The Bertz CT molecular complexity index is 423. The zero-order valence-electron chi connectivity index (χ0n) is 11.0. The maximum atomic E-state index is 2.47. The fraction of sp³-hybridized carbons (Fsp3) is 0.500. The van der Waals surface area contributed by atoms with E-state index in [2.05, 4.69) is 73.7 Å². The number of benzene rings is 1. The molecule has 0 N–H and O–H groups in total. The van der Waals surface area contributed by atoms with Crippen LogP contribution >= 0.6 is 22.6 Å². The molecule has 1 aromatic rings. The molecular formula is C16H21I. The molecule has 0 radical (unpaired) electrons. The number of halogens is 1. The molecule has 17 heavy (non-hydrogen) atoms. The van der Waals surface area contributed by atoms with E-state index in [4.69, 9.17) is 0 Å². The minimum atomic E-state index is 0.450. The van der Waals surface area contributed by atoms with Gasteiger partial charge in [0.15, 0.2) is 0 Å². The van der Waals surface area contributed by atoms with Gasteiger partial charge in [0.05, 0.1) is 0 Å². The van der Waals surface area contributed by atoms with Gasteiger partial charge in [-0.2, -0.15) is 0 Å². The molecule has 1 heteroatoms. The highest BCUT2D eigenvalue weighted by atomic mass is 127. The lowest BCUT2D eigenvalue weighted by atomic mass is 9.72. The minimum absolute atomic E-state index is 0.450. The first-order valence-electron chi connectivity index (χ1n) is 6.42. The third-order valence-electron chi connectivity index (χ3n) is 3.86. The van der Waals surface area contributed by atoms with Crippen molar-refractivity contribution in [3.05, 3.63) is 39.5 Å². The van der Waals surface area contributed by atoms with Crippen molar-refractivity contribution in [2.24, 2.45) is 11.3 Å². The molecule has 0 saturated carbocycles. The van der Waals surface area contributed by atoms with E-state index in [1.165, 1.54) is 28.4 Å². The van der Waals surface area contributed by atoms with Gasteiger partial charge in [0.1, 0.15) is 0 Å². The Balaban J connectivity index is 2.17. The Morgan fingerprint density at radius 2 is 1.88 bits per heavy atom. The van der Waals surface area contributed by atoms with E-state index in [0.717, 1.165) is 5.92 Å². The van der Waals surface area contributed by atoms with Crippen LogP contribution in [0.15, 0.2) is 30.3 Å². The Hall–Kier alpha value is -0.310. The van der Waals surface area contributed by atoms with Crippen LogP contribution in [-0.4, -0.2) is 0 Å². The molecule has 1 unspecified atom stereocenters. The molecule has 0 heterocycles. The van der Waals surface area contributed by atoms with E-state index in [-0.39, 0.29) is 0 Å². The fourth-order valence-corrected chi connectivity index (χ4v) is 3.32. The monoisotopic (exact) mass is 340 g/mol. The summed E-state index contributed by atoms with van der Waals surface area (Å²) in [6, 6.07) is 8.72. The Labute approximate surface area is 119 Å². The standard InChI is InChI=1S/C16H21I/c1-16(2,3)13-10-8-12(9-11-13)14-6-4-5-7-15(14)17/h4-8,13H,9-11H2,1-3H3. The summed E-state index contributed by atoms with van der Waals surface area (Å²) in [5.74, 6) is 0.840. The van der Waals surface area contributed by atoms with Crippen LogP contribution < -0.4 is 0 Å². The molecule has 0 nitrogen and oxygen atoms in total. The van der Waals surface area contributed by atoms with Gasteiger partial charge in [-0.1, -0.05) is 45.0 Å². The molecule has 0 bridgehead atoms. The number of hydrogen-bond donors (Lipinski definition) is 0. The van der Waals surface area contributed by atoms with Gasteiger partial charge in [0.25, 0.3) is 0 Å². The van der Waals surface area contributed by atoms with Gasteiger partial charge in [-0.05, 0) is 70.4 Å². The van der Waals surface area contributed by atoms with Crippen molar-refractivity contribution in [1.29, 1.82) is 0 Å². The summed E-state index contributed by atoms with van der Waals surface area (Å²) in [6.45, 7) is 7.09. The number of allylic oxidation sites excluding steroid dienone is 2. The SMILES string of the molecule is CC(C)(C)C1CC=C(c2ccccc2I)CC1. The van der Waals surface area contributed by atoms with E-state index in [1.807, 2.05) is 0 Å². The second kappa shape index (κ2) is 5.13. The van der Waals surface area contributed by atoms with Gasteiger partial charge in [0.2, 0.25) is 0 Å². The molecule has 1 aromatic carbocycles. The highest BCUT2D eigenvalue weighted by molar-refractivity contribution is 14.1. The quantitative estimate of drug-likeness (QED) is 0.591. The van der Waals surface area contributed by atoms with Gasteiger partial charge in [-0.15, -0.1) is 0 Å². The first-order valence-corrected chi connectivity index (χ1v) is 7.50. The molecule has 2 rings (SSSR count). The summed E-state index contributed by atoms with van der Waals surface area (Å²) in [6.07, 6.45) is 6.28.